The second-order valence-electron chi connectivity index (χ2n) is 4.29. The number of benzene rings is 1. The quantitative estimate of drug-likeness (QED) is 0.512. The van der Waals surface area contributed by atoms with E-state index in [2.05, 4.69) is 5.32 Å². The van der Waals surface area contributed by atoms with Crippen LogP contribution in [-0.4, -0.2) is 34.3 Å². The normalized spacial score (nSPS) is 11.9. The highest BCUT2D eigenvalue weighted by Crippen LogP contribution is 2.23. The van der Waals surface area contributed by atoms with Crippen molar-refractivity contribution < 1.29 is 19.9 Å². The molecule has 0 bridgehead atoms. The van der Waals surface area contributed by atoms with Gasteiger partial charge in [-0.2, -0.15) is 0 Å². The number of rotatable bonds is 7. The molecule has 19 heavy (non-hydrogen) atoms. The molecule has 0 amide bonds. The molecule has 1 rings (SSSR count). The third-order valence-corrected chi connectivity index (χ3v) is 2.71. The van der Waals surface area contributed by atoms with Crippen molar-refractivity contribution in [2.24, 2.45) is 5.92 Å². The van der Waals surface area contributed by atoms with Crippen LogP contribution in [0.3, 0.4) is 0 Å². The molecule has 1 aromatic carbocycles. The van der Waals surface area contributed by atoms with Crippen molar-refractivity contribution in [3.05, 3.63) is 33.9 Å². The van der Waals surface area contributed by atoms with Crippen molar-refractivity contribution in [2.45, 2.75) is 13.3 Å². The lowest BCUT2D eigenvalue weighted by Crippen LogP contribution is -2.15. The maximum absolute atomic E-state index is 11.0. The molecule has 0 fully saturated rings. The SMILES string of the molecule is CC(CCO)CNc1cc([N+](=O)[O-])ccc1C(=O)O. The molecule has 7 nitrogen and oxygen atoms in total. The fraction of sp³-hybridized carbons (Fsp3) is 0.417. The minimum absolute atomic E-state index is 0.0122. The number of anilines is 1. The number of carbonyl (C=O) groups is 1. The zero-order valence-corrected chi connectivity index (χ0v) is 10.5. The Morgan fingerprint density at radius 2 is 2.21 bits per heavy atom. The lowest BCUT2D eigenvalue weighted by Gasteiger charge is -2.13. The number of nitro groups is 1. The average Bonchev–Trinajstić information content (AvgIpc) is 2.36. The maximum Gasteiger partial charge on any atom is 0.337 e. The number of aromatic carboxylic acids is 1. The third-order valence-electron chi connectivity index (χ3n) is 2.71. The van der Waals surface area contributed by atoms with E-state index in [1.807, 2.05) is 6.92 Å². The number of hydrogen-bond acceptors (Lipinski definition) is 5. The zero-order chi connectivity index (χ0) is 14.4. The Labute approximate surface area is 110 Å². The minimum Gasteiger partial charge on any atom is -0.478 e. The molecule has 0 heterocycles. The summed E-state index contributed by atoms with van der Waals surface area (Å²) in [4.78, 5) is 21.1. The van der Waals surface area contributed by atoms with E-state index in [1.54, 1.807) is 0 Å². The summed E-state index contributed by atoms with van der Waals surface area (Å²) in [5, 5.41) is 31.3. The van der Waals surface area contributed by atoms with Crippen molar-refractivity contribution in [2.75, 3.05) is 18.5 Å². The molecule has 104 valence electrons. The predicted octanol–water partition coefficient (Wildman–Crippen LogP) is 1.72. The number of non-ortho nitro benzene ring substituents is 1. The molecule has 1 unspecified atom stereocenters. The number of nitro benzene ring substituents is 1. The molecular formula is C12H16N2O5. The van der Waals surface area contributed by atoms with Crippen LogP contribution in [-0.2, 0) is 0 Å². The number of carboxylic acid groups (broad SMARTS) is 1. The first-order chi connectivity index (χ1) is 8.95. The predicted molar refractivity (Wildman–Crippen MR) is 69.4 cm³/mol. The van der Waals surface area contributed by atoms with Gasteiger partial charge in [0.25, 0.3) is 5.69 Å². The van der Waals surface area contributed by atoms with E-state index < -0.39 is 10.9 Å². The molecule has 0 aliphatic carbocycles. The second-order valence-corrected chi connectivity index (χ2v) is 4.29. The van der Waals surface area contributed by atoms with Gasteiger partial charge in [0.1, 0.15) is 0 Å². The maximum atomic E-state index is 11.0. The van der Waals surface area contributed by atoms with Crippen LogP contribution in [0.2, 0.25) is 0 Å². The molecule has 0 aromatic heterocycles. The minimum atomic E-state index is -1.15. The lowest BCUT2D eigenvalue weighted by atomic mass is 10.1. The standard InChI is InChI=1S/C12H16N2O5/c1-8(4-5-15)7-13-11-6-9(14(18)19)2-3-10(11)12(16)17/h2-3,6,8,13,15H,4-5,7H2,1H3,(H,16,17). The molecule has 1 atom stereocenters. The van der Waals surface area contributed by atoms with Gasteiger partial charge in [-0.25, -0.2) is 4.79 Å². The Hall–Kier alpha value is -2.15. The van der Waals surface area contributed by atoms with Crippen LogP contribution in [0, 0.1) is 16.0 Å². The highest BCUT2D eigenvalue weighted by atomic mass is 16.6. The number of carboxylic acids is 1. The van der Waals surface area contributed by atoms with Crippen LogP contribution in [0.4, 0.5) is 11.4 Å². The summed E-state index contributed by atoms with van der Waals surface area (Å²) in [6.07, 6.45) is 0.574. The smallest absolute Gasteiger partial charge is 0.337 e. The van der Waals surface area contributed by atoms with Gasteiger partial charge in [-0.15, -0.1) is 0 Å². The van der Waals surface area contributed by atoms with Crippen LogP contribution in [0.5, 0.6) is 0 Å². The summed E-state index contributed by atoms with van der Waals surface area (Å²) in [5.74, 6) is -1.02. The summed E-state index contributed by atoms with van der Waals surface area (Å²) >= 11 is 0. The Kier molecular flexibility index (Phi) is 5.25. The Morgan fingerprint density at radius 3 is 2.74 bits per heavy atom. The number of aliphatic hydroxyl groups excluding tert-OH is 1. The summed E-state index contributed by atoms with van der Waals surface area (Å²) in [6.45, 7) is 2.37. The van der Waals surface area contributed by atoms with Crippen LogP contribution >= 0.6 is 0 Å². The highest BCUT2D eigenvalue weighted by molar-refractivity contribution is 5.94. The number of nitrogens with zero attached hydrogens (tertiary/aromatic N) is 1. The van der Waals surface area contributed by atoms with Gasteiger partial charge in [-0.3, -0.25) is 10.1 Å². The second kappa shape index (κ2) is 6.69. The van der Waals surface area contributed by atoms with E-state index in [0.717, 1.165) is 6.07 Å². The van der Waals surface area contributed by atoms with Crippen LogP contribution in [0.15, 0.2) is 18.2 Å². The fourth-order valence-electron chi connectivity index (χ4n) is 1.59. The fourth-order valence-corrected chi connectivity index (χ4v) is 1.59. The average molecular weight is 268 g/mol. The van der Waals surface area contributed by atoms with Crippen LogP contribution < -0.4 is 5.32 Å². The van der Waals surface area contributed by atoms with Crippen molar-refractivity contribution in [1.29, 1.82) is 0 Å². The monoisotopic (exact) mass is 268 g/mol. The molecule has 0 aliphatic heterocycles. The molecule has 0 saturated carbocycles. The van der Waals surface area contributed by atoms with E-state index in [4.69, 9.17) is 10.2 Å². The molecular weight excluding hydrogens is 252 g/mol. The van der Waals surface area contributed by atoms with E-state index in [-0.39, 0.29) is 29.5 Å². The number of aliphatic hydroxyl groups is 1. The van der Waals surface area contributed by atoms with Crippen molar-refractivity contribution in [1.82, 2.24) is 0 Å². The van der Waals surface area contributed by atoms with Gasteiger partial charge in [0.2, 0.25) is 0 Å². The van der Waals surface area contributed by atoms with Crippen molar-refractivity contribution in [3.8, 4) is 0 Å². The van der Waals surface area contributed by atoms with E-state index in [9.17, 15) is 14.9 Å². The molecule has 1 aromatic rings. The highest BCUT2D eigenvalue weighted by Gasteiger charge is 2.15. The van der Waals surface area contributed by atoms with Crippen LogP contribution in [0.1, 0.15) is 23.7 Å². The van der Waals surface area contributed by atoms with Crippen molar-refractivity contribution >= 4 is 17.3 Å². The van der Waals surface area contributed by atoms with E-state index in [1.165, 1.54) is 12.1 Å². The third kappa shape index (κ3) is 4.22. The van der Waals surface area contributed by atoms with Gasteiger partial charge in [-0.1, -0.05) is 6.92 Å². The molecule has 0 spiro atoms. The Balaban J connectivity index is 2.91. The molecule has 7 heteroatoms. The van der Waals surface area contributed by atoms with E-state index >= 15 is 0 Å². The summed E-state index contributed by atoms with van der Waals surface area (Å²) in [7, 11) is 0. The molecule has 3 N–H and O–H groups in total. The van der Waals surface area contributed by atoms with E-state index in [0.29, 0.717) is 13.0 Å². The summed E-state index contributed by atoms with van der Waals surface area (Å²) in [5.41, 5.74) is 0.0376. The lowest BCUT2D eigenvalue weighted by molar-refractivity contribution is -0.384. The van der Waals surface area contributed by atoms with Gasteiger partial charge < -0.3 is 15.5 Å². The number of hydrogen-bond donors (Lipinski definition) is 3. The topological polar surface area (TPSA) is 113 Å². The van der Waals surface area contributed by atoms with Crippen LogP contribution in [0.25, 0.3) is 0 Å². The van der Waals surface area contributed by atoms with Gasteiger partial charge in [0.15, 0.2) is 0 Å². The molecule has 0 radical (unpaired) electrons. The van der Waals surface area contributed by atoms with Gasteiger partial charge in [0, 0.05) is 25.3 Å². The Morgan fingerprint density at radius 1 is 1.53 bits per heavy atom. The van der Waals surface area contributed by atoms with Crippen molar-refractivity contribution in [3.63, 3.8) is 0 Å². The molecule has 0 saturated heterocycles. The van der Waals surface area contributed by atoms with Gasteiger partial charge >= 0.3 is 5.97 Å². The van der Waals surface area contributed by atoms with Gasteiger partial charge in [-0.05, 0) is 18.4 Å². The summed E-state index contributed by atoms with van der Waals surface area (Å²) in [6, 6.07) is 3.57. The largest absolute Gasteiger partial charge is 0.478 e. The first kappa shape index (κ1) is 14.9. The summed E-state index contributed by atoms with van der Waals surface area (Å²) < 4.78 is 0. The number of nitrogens with one attached hydrogen (secondary N) is 1. The Bertz CT molecular complexity index is 475. The zero-order valence-electron chi connectivity index (χ0n) is 10.5. The first-order valence-corrected chi connectivity index (χ1v) is 5.82. The molecule has 0 aliphatic rings. The van der Waals surface area contributed by atoms with Gasteiger partial charge in [0.05, 0.1) is 16.2 Å². The first-order valence-electron chi connectivity index (χ1n) is 5.82.